The summed E-state index contributed by atoms with van der Waals surface area (Å²) < 4.78 is 0. The summed E-state index contributed by atoms with van der Waals surface area (Å²) in [6.45, 7) is 6.03. The lowest BCUT2D eigenvalue weighted by Crippen LogP contribution is -2.65. The summed E-state index contributed by atoms with van der Waals surface area (Å²) in [6, 6.07) is 10.0. The normalized spacial score (nSPS) is 38.6. The van der Waals surface area contributed by atoms with Gasteiger partial charge in [-0.05, 0) is 55.9 Å². The smallest absolute Gasteiger partial charge is 0.226 e. The lowest BCUT2D eigenvalue weighted by atomic mass is 9.47. The van der Waals surface area contributed by atoms with Crippen LogP contribution >= 0.6 is 11.6 Å². The molecule has 3 nitrogen and oxygen atoms in total. The maximum Gasteiger partial charge on any atom is 0.226 e. The zero-order chi connectivity index (χ0) is 19.4. The highest BCUT2D eigenvalue weighted by Crippen LogP contribution is 2.64. The Kier molecular flexibility index (Phi) is 4.63. The molecule has 0 aromatic heterocycles. The molecule has 0 saturated heterocycles. The van der Waals surface area contributed by atoms with Crippen molar-refractivity contribution in [2.24, 2.45) is 23.2 Å². The molecule has 4 fully saturated rings. The van der Waals surface area contributed by atoms with Crippen molar-refractivity contribution in [3.05, 3.63) is 35.9 Å². The highest BCUT2D eigenvalue weighted by atomic mass is 35.5. The quantitative estimate of drug-likeness (QED) is 0.708. The fourth-order valence-electron chi connectivity index (χ4n) is 6.17. The number of aliphatic hydroxyl groups is 1. The Morgan fingerprint density at radius 2 is 2.00 bits per heavy atom. The Labute approximate surface area is 167 Å². The van der Waals surface area contributed by atoms with Crippen molar-refractivity contribution in [2.75, 3.05) is 0 Å². The van der Waals surface area contributed by atoms with E-state index in [1.165, 1.54) is 0 Å². The van der Waals surface area contributed by atoms with Crippen LogP contribution in [0.1, 0.15) is 70.9 Å². The van der Waals surface area contributed by atoms with Crippen LogP contribution in [-0.2, 0) is 4.79 Å². The van der Waals surface area contributed by atoms with Gasteiger partial charge in [0.05, 0.1) is 11.6 Å². The van der Waals surface area contributed by atoms with E-state index in [-0.39, 0.29) is 22.7 Å². The summed E-state index contributed by atoms with van der Waals surface area (Å²) in [5.74, 6) is 0.983. The molecule has 148 valence electrons. The number of hydrogen-bond donors (Lipinski definition) is 2. The number of rotatable bonds is 5. The molecule has 1 aromatic rings. The minimum absolute atomic E-state index is 0.0277. The van der Waals surface area contributed by atoms with Crippen molar-refractivity contribution in [1.29, 1.82) is 0 Å². The molecule has 5 rings (SSSR count). The topological polar surface area (TPSA) is 49.3 Å². The Hall–Kier alpha value is -1.06. The predicted octanol–water partition coefficient (Wildman–Crippen LogP) is 4.83. The molecule has 0 heterocycles. The molecule has 4 aliphatic rings. The van der Waals surface area contributed by atoms with E-state index in [2.05, 4.69) is 17.4 Å². The molecule has 0 radical (unpaired) electrons. The highest BCUT2D eigenvalue weighted by molar-refractivity contribution is 6.24. The van der Waals surface area contributed by atoms with Crippen molar-refractivity contribution in [3.63, 3.8) is 0 Å². The van der Waals surface area contributed by atoms with Gasteiger partial charge in [0.2, 0.25) is 5.91 Å². The van der Waals surface area contributed by atoms with Crippen molar-refractivity contribution >= 4 is 17.5 Å². The summed E-state index contributed by atoms with van der Waals surface area (Å²) in [7, 11) is 0. The molecule has 1 aromatic carbocycles. The maximum atomic E-state index is 13.1. The molecular formula is C23H32ClNO2. The number of nitrogens with one attached hydrogen (secondary N) is 1. The second kappa shape index (κ2) is 6.49. The van der Waals surface area contributed by atoms with E-state index in [0.717, 1.165) is 37.7 Å². The van der Waals surface area contributed by atoms with Crippen LogP contribution in [0.15, 0.2) is 30.3 Å². The van der Waals surface area contributed by atoms with Crippen LogP contribution in [0.3, 0.4) is 0 Å². The van der Waals surface area contributed by atoms with Crippen LogP contribution in [0, 0.1) is 23.2 Å². The second-order valence-corrected chi connectivity index (χ2v) is 10.8. The van der Waals surface area contributed by atoms with E-state index in [0.29, 0.717) is 18.3 Å². The summed E-state index contributed by atoms with van der Waals surface area (Å²) in [6.07, 6.45) is 5.36. The van der Waals surface area contributed by atoms with Gasteiger partial charge in [0.15, 0.2) is 0 Å². The Bertz CT molecular complexity index is 720. The Morgan fingerprint density at radius 3 is 2.59 bits per heavy atom. The fourth-order valence-corrected chi connectivity index (χ4v) is 6.82. The van der Waals surface area contributed by atoms with Crippen molar-refractivity contribution < 1.29 is 9.90 Å². The van der Waals surface area contributed by atoms with Gasteiger partial charge < -0.3 is 10.4 Å². The molecule has 4 aliphatic carbocycles. The average Bonchev–Trinajstić information content (AvgIpc) is 2.58. The number of carbonyl (C=O) groups excluding carboxylic acids is 1. The van der Waals surface area contributed by atoms with Crippen LogP contribution in [0.25, 0.3) is 0 Å². The van der Waals surface area contributed by atoms with Crippen LogP contribution in [0.2, 0.25) is 0 Å². The van der Waals surface area contributed by atoms with Gasteiger partial charge >= 0.3 is 0 Å². The third-order valence-corrected chi connectivity index (χ3v) is 8.06. The van der Waals surface area contributed by atoms with Crippen LogP contribution in [0.5, 0.6) is 0 Å². The van der Waals surface area contributed by atoms with Crippen LogP contribution in [-0.4, -0.2) is 21.5 Å². The number of halogens is 1. The Balaban J connectivity index is 1.70. The van der Waals surface area contributed by atoms with Crippen molar-refractivity contribution in [2.45, 2.75) is 75.8 Å². The first-order chi connectivity index (χ1) is 12.7. The molecule has 1 amide bonds. The van der Waals surface area contributed by atoms with Crippen LogP contribution < -0.4 is 5.32 Å². The molecular weight excluding hydrogens is 358 g/mol. The second-order valence-electron chi connectivity index (χ2n) is 10.0. The number of alkyl halides is 1. The van der Waals surface area contributed by atoms with Crippen molar-refractivity contribution in [1.82, 2.24) is 5.32 Å². The molecule has 2 unspecified atom stereocenters. The molecule has 4 heteroatoms. The van der Waals surface area contributed by atoms with Gasteiger partial charge in [-0.3, -0.25) is 4.79 Å². The Morgan fingerprint density at radius 1 is 1.30 bits per heavy atom. The van der Waals surface area contributed by atoms with Crippen LogP contribution in [0.4, 0.5) is 0 Å². The predicted molar refractivity (Wildman–Crippen MR) is 108 cm³/mol. The van der Waals surface area contributed by atoms with E-state index < -0.39 is 11.0 Å². The number of benzene rings is 1. The van der Waals surface area contributed by atoms with E-state index in [9.17, 15) is 9.90 Å². The zero-order valence-electron chi connectivity index (χ0n) is 16.7. The van der Waals surface area contributed by atoms with Gasteiger partial charge in [0.25, 0.3) is 0 Å². The molecule has 0 spiro atoms. The number of carbonyl (C=O) groups is 1. The SMILES string of the molecule is CCC(C)(C)C(=O)N[C@@H](c1ccccc1)[C@H]1C2CC3C[C@](Cl)(C2)C[C@@]1(O)C3. The molecule has 2 N–H and O–H groups in total. The number of hydrogen-bond acceptors (Lipinski definition) is 2. The van der Waals surface area contributed by atoms with Gasteiger partial charge in [-0.1, -0.05) is 51.1 Å². The standard InChI is InChI=1S/C23H32ClNO2/c1-4-21(2,3)20(26)25-19(16-8-6-5-7-9-16)18-17-10-15-11-22(24,13-17)14-23(18,27)12-15/h5-9,15,17-19,27H,4,10-14H2,1-3H3,(H,25,26)/t15?,17?,18-,19+,22+,23+/m1/s1. The summed E-state index contributed by atoms with van der Waals surface area (Å²) in [5, 5.41) is 15.0. The van der Waals surface area contributed by atoms with E-state index in [1.807, 2.05) is 39.0 Å². The first kappa shape index (κ1) is 19.3. The average molecular weight is 390 g/mol. The first-order valence-corrected chi connectivity index (χ1v) is 10.8. The molecule has 4 saturated carbocycles. The molecule has 0 aliphatic heterocycles. The fraction of sp³-hybridized carbons (Fsp3) is 0.696. The van der Waals surface area contributed by atoms with Gasteiger partial charge in [-0.25, -0.2) is 0 Å². The van der Waals surface area contributed by atoms with Gasteiger partial charge in [0.1, 0.15) is 0 Å². The third-order valence-electron chi connectivity index (χ3n) is 7.61. The van der Waals surface area contributed by atoms with Gasteiger partial charge in [-0.15, -0.1) is 11.6 Å². The monoisotopic (exact) mass is 389 g/mol. The molecule has 6 atom stereocenters. The summed E-state index contributed by atoms with van der Waals surface area (Å²) in [5.41, 5.74) is -0.113. The van der Waals surface area contributed by atoms with E-state index >= 15 is 0 Å². The zero-order valence-corrected chi connectivity index (χ0v) is 17.4. The summed E-state index contributed by atoms with van der Waals surface area (Å²) >= 11 is 6.89. The van der Waals surface area contributed by atoms with Gasteiger partial charge in [0, 0.05) is 16.2 Å². The minimum atomic E-state index is -0.782. The summed E-state index contributed by atoms with van der Waals surface area (Å²) in [4.78, 5) is 12.8. The first-order valence-electron chi connectivity index (χ1n) is 10.4. The maximum absolute atomic E-state index is 13.1. The largest absolute Gasteiger partial charge is 0.389 e. The number of amides is 1. The highest BCUT2D eigenvalue weighted by Gasteiger charge is 2.63. The molecule has 4 bridgehead atoms. The van der Waals surface area contributed by atoms with E-state index in [1.54, 1.807) is 0 Å². The van der Waals surface area contributed by atoms with Gasteiger partial charge in [-0.2, -0.15) is 0 Å². The van der Waals surface area contributed by atoms with Crippen molar-refractivity contribution in [3.8, 4) is 0 Å². The lowest BCUT2D eigenvalue weighted by molar-refractivity contribution is -0.175. The molecule has 27 heavy (non-hydrogen) atoms. The minimum Gasteiger partial charge on any atom is -0.389 e. The third kappa shape index (κ3) is 3.31. The van der Waals surface area contributed by atoms with E-state index in [4.69, 9.17) is 11.6 Å². The lowest BCUT2D eigenvalue weighted by Gasteiger charge is -2.63.